The number of aliphatic carboxylic acids is 1. The van der Waals surface area contributed by atoms with Crippen molar-refractivity contribution in [2.24, 2.45) is 0 Å². The third kappa shape index (κ3) is 5.59. The summed E-state index contributed by atoms with van der Waals surface area (Å²) in [5.74, 6) is -2.01. The van der Waals surface area contributed by atoms with Gasteiger partial charge in [0.25, 0.3) is 0 Å². The number of carbonyl (C=O) groups is 2. The highest BCUT2D eigenvalue weighted by atomic mass is 19.1. The smallest absolute Gasteiger partial charge is 0.408 e. The summed E-state index contributed by atoms with van der Waals surface area (Å²) in [5, 5.41) is 13.2. The molecular weight excluding hydrogens is 293 g/mol. The molecule has 1 rings (SSSR count). The first-order valence-corrected chi connectivity index (χ1v) is 6.65. The molecule has 0 heterocycles. The van der Waals surface area contributed by atoms with Crippen LogP contribution in [-0.2, 0) is 9.53 Å². The molecule has 0 aliphatic rings. The number of ether oxygens (including phenoxy) is 2. The van der Waals surface area contributed by atoms with Gasteiger partial charge in [-0.3, -0.25) is 0 Å². The van der Waals surface area contributed by atoms with Crippen molar-refractivity contribution < 1.29 is 28.6 Å². The molecule has 0 unspecified atom stereocenters. The maximum absolute atomic E-state index is 13.7. The number of rotatable bonds is 5. The lowest BCUT2D eigenvalue weighted by Gasteiger charge is -2.24. The highest BCUT2D eigenvalue weighted by molar-refractivity contribution is 5.71. The summed E-state index contributed by atoms with van der Waals surface area (Å²) in [5.41, 5.74) is -0.463. The minimum atomic E-state index is -1.38. The Hall–Kier alpha value is -2.31. The third-order valence-corrected chi connectivity index (χ3v) is 2.64. The van der Waals surface area contributed by atoms with Crippen LogP contribution in [-0.4, -0.2) is 24.8 Å². The molecule has 0 aliphatic heterocycles. The lowest BCUT2D eigenvalue weighted by Crippen LogP contribution is -2.37. The van der Waals surface area contributed by atoms with Gasteiger partial charge >= 0.3 is 6.09 Å². The van der Waals surface area contributed by atoms with Gasteiger partial charge in [0, 0.05) is 12.4 Å². The molecule has 0 saturated heterocycles. The number of hydrogen-bond donors (Lipinski definition) is 1. The number of alkyl carbamates (subject to hydrolysis) is 1. The molecule has 0 aromatic heterocycles. The summed E-state index contributed by atoms with van der Waals surface area (Å²) in [6.07, 6.45) is -1.31. The quantitative estimate of drug-likeness (QED) is 0.891. The fraction of sp³-hybridized carbons (Fsp3) is 0.467. The summed E-state index contributed by atoms with van der Waals surface area (Å²) in [6, 6.07) is 2.95. The SMILES string of the molecule is COc1ccc([C@@H](CC(=O)[O-])NC(=O)OC(C)(C)C)cc1F. The van der Waals surface area contributed by atoms with E-state index in [4.69, 9.17) is 9.47 Å². The standard InChI is InChI=1S/C15H20FNO5/c1-15(2,3)22-14(20)17-11(8-13(18)19)9-5-6-12(21-4)10(16)7-9/h5-7,11H,8H2,1-4H3,(H,17,20)(H,18,19)/p-1/t11-/m1/s1. The molecule has 122 valence electrons. The van der Waals surface area contributed by atoms with Crippen molar-refractivity contribution in [2.45, 2.75) is 38.8 Å². The van der Waals surface area contributed by atoms with Gasteiger partial charge in [0.2, 0.25) is 0 Å². The first kappa shape index (κ1) is 17.7. The van der Waals surface area contributed by atoms with Crippen LogP contribution >= 0.6 is 0 Å². The van der Waals surface area contributed by atoms with Gasteiger partial charge in [0.05, 0.1) is 13.2 Å². The highest BCUT2D eigenvalue weighted by Gasteiger charge is 2.21. The predicted molar refractivity (Wildman–Crippen MR) is 74.7 cm³/mol. The van der Waals surface area contributed by atoms with Gasteiger partial charge in [-0.1, -0.05) is 6.07 Å². The molecule has 1 amide bonds. The normalized spacial score (nSPS) is 12.4. The van der Waals surface area contributed by atoms with Gasteiger partial charge in [-0.2, -0.15) is 0 Å². The number of halogens is 1. The second kappa shape index (κ2) is 7.11. The van der Waals surface area contributed by atoms with Crippen molar-refractivity contribution in [3.63, 3.8) is 0 Å². The number of methoxy groups -OCH3 is 1. The maximum atomic E-state index is 13.7. The van der Waals surface area contributed by atoms with Gasteiger partial charge in [0.1, 0.15) is 5.60 Å². The minimum absolute atomic E-state index is 0.0215. The van der Waals surface area contributed by atoms with E-state index in [0.717, 1.165) is 6.07 Å². The second-order valence-corrected chi connectivity index (χ2v) is 5.67. The van der Waals surface area contributed by atoms with Crippen LogP contribution in [0.15, 0.2) is 18.2 Å². The molecule has 6 nitrogen and oxygen atoms in total. The lowest BCUT2D eigenvalue weighted by atomic mass is 10.0. The molecular formula is C15H19FNO5-. The van der Waals surface area contributed by atoms with Crippen molar-refractivity contribution in [3.8, 4) is 5.75 Å². The van der Waals surface area contributed by atoms with Crippen LogP contribution in [0.25, 0.3) is 0 Å². The molecule has 1 aromatic rings. The summed E-state index contributed by atoms with van der Waals surface area (Å²) in [6.45, 7) is 5.02. The van der Waals surface area contributed by atoms with Crippen molar-refractivity contribution in [1.29, 1.82) is 0 Å². The molecule has 0 radical (unpaired) electrons. The number of carboxylic acid groups (broad SMARTS) is 1. The lowest BCUT2D eigenvalue weighted by molar-refractivity contribution is -0.306. The van der Waals surface area contributed by atoms with Gasteiger partial charge in [-0.15, -0.1) is 0 Å². The number of benzene rings is 1. The molecule has 1 aromatic carbocycles. The van der Waals surface area contributed by atoms with Crippen LogP contribution in [0.1, 0.15) is 38.8 Å². The summed E-state index contributed by atoms with van der Waals surface area (Å²) in [4.78, 5) is 22.6. The van der Waals surface area contributed by atoms with Crippen molar-refractivity contribution in [1.82, 2.24) is 5.32 Å². The van der Waals surface area contributed by atoms with Crippen LogP contribution in [0.5, 0.6) is 5.75 Å². The largest absolute Gasteiger partial charge is 0.550 e. The first-order valence-electron chi connectivity index (χ1n) is 6.65. The van der Waals surface area contributed by atoms with Gasteiger partial charge < -0.3 is 24.7 Å². The van der Waals surface area contributed by atoms with Crippen LogP contribution < -0.4 is 15.2 Å². The van der Waals surface area contributed by atoms with Crippen molar-refractivity contribution in [2.75, 3.05) is 7.11 Å². The molecule has 0 bridgehead atoms. The van der Waals surface area contributed by atoms with E-state index >= 15 is 0 Å². The van der Waals surface area contributed by atoms with E-state index in [1.165, 1.54) is 19.2 Å². The Bertz CT molecular complexity index is 553. The van der Waals surface area contributed by atoms with E-state index in [-0.39, 0.29) is 11.3 Å². The number of amides is 1. The summed E-state index contributed by atoms with van der Waals surface area (Å²) < 4.78 is 23.6. The van der Waals surface area contributed by atoms with Crippen molar-refractivity contribution >= 4 is 12.1 Å². The van der Waals surface area contributed by atoms with Gasteiger partial charge in [0.15, 0.2) is 11.6 Å². The Kier molecular flexibility index (Phi) is 5.73. The van der Waals surface area contributed by atoms with E-state index in [1.807, 2.05) is 0 Å². The van der Waals surface area contributed by atoms with Gasteiger partial charge in [-0.05, 0) is 38.5 Å². The molecule has 22 heavy (non-hydrogen) atoms. The molecule has 0 fully saturated rings. The Morgan fingerprint density at radius 3 is 2.45 bits per heavy atom. The Labute approximate surface area is 128 Å². The number of carboxylic acids is 1. The monoisotopic (exact) mass is 312 g/mol. The second-order valence-electron chi connectivity index (χ2n) is 5.67. The van der Waals surface area contributed by atoms with E-state index in [1.54, 1.807) is 20.8 Å². The predicted octanol–water partition coefficient (Wildman–Crippen LogP) is 1.54. The van der Waals surface area contributed by atoms with Gasteiger partial charge in [-0.25, -0.2) is 9.18 Å². The Morgan fingerprint density at radius 1 is 1.36 bits per heavy atom. The van der Waals surface area contributed by atoms with E-state index in [0.29, 0.717) is 0 Å². The highest BCUT2D eigenvalue weighted by Crippen LogP contribution is 2.24. The molecule has 1 N–H and O–H groups in total. The number of carbonyl (C=O) groups excluding carboxylic acids is 2. The molecule has 0 spiro atoms. The van der Waals surface area contributed by atoms with Crippen LogP contribution in [0.3, 0.4) is 0 Å². The number of hydrogen-bond acceptors (Lipinski definition) is 5. The summed E-state index contributed by atoms with van der Waals surface area (Å²) >= 11 is 0. The van der Waals surface area contributed by atoms with E-state index in [9.17, 15) is 19.1 Å². The minimum Gasteiger partial charge on any atom is -0.550 e. The zero-order valence-corrected chi connectivity index (χ0v) is 12.9. The van der Waals surface area contributed by atoms with Crippen LogP contribution in [0.4, 0.5) is 9.18 Å². The number of nitrogens with one attached hydrogen (secondary N) is 1. The van der Waals surface area contributed by atoms with Crippen LogP contribution in [0, 0.1) is 5.82 Å². The molecule has 0 aliphatic carbocycles. The fourth-order valence-electron chi connectivity index (χ4n) is 1.77. The molecule has 7 heteroatoms. The van der Waals surface area contributed by atoms with Crippen LogP contribution in [0.2, 0.25) is 0 Å². The van der Waals surface area contributed by atoms with E-state index in [2.05, 4.69) is 5.32 Å². The Balaban J connectivity index is 2.95. The van der Waals surface area contributed by atoms with Crippen molar-refractivity contribution in [3.05, 3.63) is 29.6 Å². The topological polar surface area (TPSA) is 87.7 Å². The first-order chi connectivity index (χ1) is 10.1. The maximum Gasteiger partial charge on any atom is 0.408 e. The molecule has 1 atom stereocenters. The fourth-order valence-corrected chi connectivity index (χ4v) is 1.77. The third-order valence-electron chi connectivity index (χ3n) is 2.64. The Morgan fingerprint density at radius 2 is 2.00 bits per heavy atom. The van der Waals surface area contributed by atoms with E-state index < -0.39 is 35.9 Å². The molecule has 0 saturated carbocycles. The zero-order valence-electron chi connectivity index (χ0n) is 12.9. The average molecular weight is 312 g/mol. The summed E-state index contributed by atoms with van der Waals surface area (Å²) in [7, 11) is 1.32. The average Bonchev–Trinajstić information content (AvgIpc) is 2.35. The zero-order chi connectivity index (χ0) is 16.9.